The molecule has 2 heterocycles. The van der Waals surface area contributed by atoms with E-state index in [1.807, 2.05) is 24.3 Å². The summed E-state index contributed by atoms with van der Waals surface area (Å²) in [6.45, 7) is 0.534. The normalized spacial score (nSPS) is 18.0. The lowest BCUT2D eigenvalue weighted by Gasteiger charge is -2.15. The number of anilines is 1. The van der Waals surface area contributed by atoms with Crippen molar-refractivity contribution in [3.8, 4) is 0 Å². The molecule has 3 rings (SSSR count). The molecule has 0 saturated carbocycles. The Hall–Kier alpha value is -1.80. The Labute approximate surface area is 141 Å². The molecule has 1 N–H and O–H groups in total. The smallest absolute Gasteiger partial charge is 0.251 e. The van der Waals surface area contributed by atoms with Gasteiger partial charge in [-0.25, -0.2) is 4.90 Å². The molecule has 1 aromatic heterocycles. The molecule has 5 nitrogen and oxygen atoms in total. The van der Waals surface area contributed by atoms with Gasteiger partial charge in [0.25, 0.3) is 5.91 Å². The molecule has 0 aliphatic carbocycles. The van der Waals surface area contributed by atoms with Crippen LogP contribution in [0.2, 0.25) is 0 Å². The first-order valence-electron chi connectivity index (χ1n) is 6.90. The molecule has 6 heteroatoms. The van der Waals surface area contributed by atoms with Crippen molar-refractivity contribution in [2.45, 2.75) is 19.0 Å². The SMILES string of the molecule is O=C1C[C@H](NCc2ccncc2)C(=O)N1c1ccc(I)cc1. The first-order valence-corrected chi connectivity index (χ1v) is 7.97. The number of benzene rings is 1. The topological polar surface area (TPSA) is 62.3 Å². The van der Waals surface area contributed by atoms with Crippen LogP contribution in [0.1, 0.15) is 12.0 Å². The van der Waals surface area contributed by atoms with Gasteiger partial charge in [0.2, 0.25) is 5.91 Å². The lowest BCUT2D eigenvalue weighted by molar-refractivity contribution is -0.121. The first kappa shape index (κ1) is 15.1. The molecule has 0 bridgehead atoms. The maximum atomic E-state index is 12.5. The number of amides is 2. The zero-order valence-corrected chi connectivity index (χ0v) is 13.9. The Morgan fingerprint density at radius 3 is 2.50 bits per heavy atom. The third kappa shape index (κ3) is 3.17. The van der Waals surface area contributed by atoms with E-state index in [9.17, 15) is 9.59 Å². The summed E-state index contributed by atoms with van der Waals surface area (Å²) in [6, 6.07) is 10.6. The van der Waals surface area contributed by atoms with Gasteiger partial charge in [0.05, 0.1) is 18.2 Å². The summed E-state index contributed by atoms with van der Waals surface area (Å²) in [5.74, 6) is -0.362. The van der Waals surface area contributed by atoms with Crippen molar-refractivity contribution in [1.82, 2.24) is 10.3 Å². The van der Waals surface area contributed by atoms with Crippen LogP contribution in [0.5, 0.6) is 0 Å². The van der Waals surface area contributed by atoms with E-state index in [0.717, 1.165) is 9.13 Å². The Morgan fingerprint density at radius 1 is 1.14 bits per heavy atom. The highest BCUT2D eigenvalue weighted by molar-refractivity contribution is 14.1. The summed E-state index contributed by atoms with van der Waals surface area (Å²) in [4.78, 5) is 29.8. The highest BCUT2D eigenvalue weighted by atomic mass is 127. The molecule has 2 amide bonds. The zero-order chi connectivity index (χ0) is 15.5. The van der Waals surface area contributed by atoms with Crippen LogP contribution < -0.4 is 10.2 Å². The minimum Gasteiger partial charge on any atom is -0.301 e. The fourth-order valence-corrected chi connectivity index (χ4v) is 2.75. The molecule has 1 atom stereocenters. The van der Waals surface area contributed by atoms with Crippen LogP contribution in [-0.4, -0.2) is 22.8 Å². The van der Waals surface area contributed by atoms with Crippen molar-refractivity contribution < 1.29 is 9.59 Å². The van der Waals surface area contributed by atoms with E-state index in [4.69, 9.17) is 0 Å². The molecule has 0 radical (unpaired) electrons. The van der Waals surface area contributed by atoms with Crippen LogP contribution in [0.3, 0.4) is 0 Å². The quantitative estimate of drug-likeness (QED) is 0.623. The van der Waals surface area contributed by atoms with Gasteiger partial charge in [-0.3, -0.25) is 14.6 Å². The van der Waals surface area contributed by atoms with Gasteiger partial charge in [-0.1, -0.05) is 0 Å². The average Bonchev–Trinajstić information content (AvgIpc) is 2.82. The number of carbonyl (C=O) groups excluding carboxylic acids is 2. The van der Waals surface area contributed by atoms with E-state index < -0.39 is 6.04 Å². The molecule has 0 unspecified atom stereocenters. The number of aromatic nitrogens is 1. The van der Waals surface area contributed by atoms with Crippen molar-refractivity contribution in [3.05, 3.63) is 57.9 Å². The molecule has 112 valence electrons. The largest absolute Gasteiger partial charge is 0.301 e. The summed E-state index contributed by atoms with van der Waals surface area (Å²) in [7, 11) is 0. The second kappa shape index (κ2) is 6.53. The number of nitrogens with zero attached hydrogens (tertiary/aromatic N) is 2. The third-order valence-electron chi connectivity index (χ3n) is 3.53. The van der Waals surface area contributed by atoms with Crippen LogP contribution >= 0.6 is 22.6 Å². The molecule has 1 aliphatic rings. The minimum absolute atomic E-state index is 0.168. The number of hydrogen-bond acceptors (Lipinski definition) is 4. The van der Waals surface area contributed by atoms with Gasteiger partial charge in [-0.15, -0.1) is 0 Å². The first-order chi connectivity index (χ1) is 10.6. The lowest BCUT2D eigenvalue weighted by Crippen LogP contribution is -2.38. The van der Waals surface area contributed by atoms with Crippen molar-refractivity contribution in [2.24, 2.45) is 0 Å². The van der Waals surface area contributed by atoms with E-state index in [0.29, 0.717) is 12.2 Å². The summed E-state index contributed by atoms with van der Waals surface area (Å²) >= 11 is 2.19. The fourth-order valence-electron chi connectivity index (χ4n) is 2.39. The number of imide groups is 1. The van der Waals surface area contributed by atoms with Crippen molar-refractivity contribution >= 4 is 40.1 Å². The number of rotatable bonds is 4. The van der Waals surface area contributed by atoms with E-state index in [1.165, 1.54) is 4.90 Å². The standard InChI is InChI=1S/C16H14IN3O2/c17-12-1-3-13(4-2-12)20-15(21)9-14(16(20)22)19-10-11-5-7-18-8-6-11/h1-8,14,19H,9-10H2/t14-/m0/s1. The van der Waals surface area contributed by atoms with Gasteiger partial charge < -0.3 is 5.32 Å². The van der Waals surface area contributed by atoms with Gasteiger partial charge in [0.1, 0.15) is 0 Å². The second-order valence-corrected chi connectivity index (χ2v) is 6.28. The summed E-state index contributed by atoms with van der Waals surface area (Å²) in [6.07, 6.45) is 3.60. The van der Waals surface area contributed by atoms with E-state index in [-0.39, 0.29) is 18.2 Å². The predicted octanol–water partition coefficient (Wildman–Crippen LogP) is 2.11. The van der Waals surface area contributed by atoms with Gasteiger partial charge in [0, 0.05) is 22.5 Å². The van der Waals surface area contributed by atoms with Crippen LogP contribution in [-0.2, 0) is 16.1 Å². The Kier molecular flexibility index (Phi) is 4.49. The van der Waals surface area contributed by atoms with Crippen LogP contribution in [0.15, 0.2) is 48.8 Å². The molecular weight excluding hydrogens is 393 g/mol. The molecule has 1 fully saturated rings. The molecule has 1 aliphatic heterocycles. The second-order valence-electron chi connectivity index (χ2n) is 5.04. The van der Waals surface area contributed by atoms with Gasteiger partial charge >= 0.3 is 0 Å². The van der Waals surface area contributed by atoms with Gasteiger partial charge in [0.15, 0.2) is 0 Å². The Bertz CT molecular complexity index is 688. The highest BCUT2D eigenvalue weighted by Crippen LogP contribution is 2.23. The number of nitrogens with one attached hydrogen (secondary N) is 1. The van der Waals surface area contributed by atoms with Gasteiger partial charge in [-0.05, 0) is 64.6 Å². The zero-order valence-electron chi connectivity index (χ0n) is 11.7. The molecule has 1 aromatic carbocycles. The predicted molar refractivity (Wildman–Crippen MR) is 91.1 cm³/mol. The average molecular weight is 407 g/mol. The Morgan fingerprint density at radius 2 is 1.82 bits per heavy atom. The van der Waals surface area contributed by atoms with Crippen molar-refractivity contribution in [3.63, 3.8) is 0 Å². The van der Waals surface area contributed by atoms with E-state index in [2.05, 4.69) is 32.9 Å². The molecular formula is C16H14IN3O2. The maximum absolute atomic E-state index is 12.5. The fraction of sp³-hybridized carbons (Fsp3) is 0.188. The van der Waals surface area contributed by atoms with Crippen LogP contribution in [0, 0.1) is 3.57 Å². The van der Waals surface area contributed by atoms with Gasteiger partial charge in [-0.2, -0.15) is 0 Å². The Balaban J connectivity index is 1.70. The molecule has 2 aromatic rings. The number of pyridine rings is 1. The molecule has 0 spiro atoms. The number of carbonyl (C=O) groups is 2. The number of hydrogen-bond donors (Lipinski definition) is 1. The number of halogens is 1. The van der Waals surface area contributed by atoms with Crippen LogP contribution in [0.25, 0.3) is 0 Å². The summed E-state index contributed by atoms with van der Waals surface area (Å²) < 4.78 is 1.06. The monoisotopic (exact) mass is 407 g/mol. The van der Waals surface area contributed by atoms with E-state index >= 15 is 0 Å². The maximum Gasteiger partial charge on any atom is 0.251 e. The van der Waals surface area contributed by atoms with Crippen LogP contribution in [0.4, 0.5) is 5.69 Å². The van der Waals surface area contributed by atoms with Crippen molar-refractivity contribution in [1.29, 1.82) is 0 Å². The lowest BCUT2D eigenvalue weighted by atomic mass is 10.2. The van der Waals surface area contributed by atoms with E-state index in [1.54, 1.807) is 24.5 Å². The summed E-state index contributed by atoms with van der Waals surface area (Å²) in [5, 5.41) is 3.15. The third-order valence-corrected chi connectivity index (χ3v) is 4.25. The minimum atomic E-state index is -0.472. The summed E-state index contributed by atoms with van der Waals surface area (Å²) in [5.41, 5.74) is 1.66. The van der Waals surface area contributed by atoms with Crippen molar-refractivity contribution in [2.75, 3.05) is 4.90 Å². The highest BCUT2D eigenvalue weighted by Gasteiger charge is 2.39. The molecule has 22 heavy (non-hydrogen) atoms. The molecule has 1 saturated heterocycles.